The van der Waals surface area contributed by atoms with Crippen LogP contribution < -0.4 is 5.32 Å². The van der Waals surface area contributed by atoms with Crippen molar-refractivity contribution in [1.82, 2.24) is 0 Å². The van der Waals surface area contributed by atoms with Gasteiger partial charge in [-0.05, 0) is 53.9 Å². The predicted molar refractivity (Wildman–Crippen MR) is 66.2 cm³/mol. The number of ether oxygens (including phenoxy) is 1. The molecule has 0 amide bonds. The fraction of sp³-hybridized carbons (Fsp3) is 0.500. The molecule has 16 heavy (non-hydrogen) atoms. The van der Waals surface area contributed by atoms with Gasteiger partial charge in [0.05, 0.1) is 10.6 Å². The van der Waals surface area contributed by atoms with Crippen LogP contribution in [-0.4, -0.2) is 18.8 Å². The molecule has 1 aromatic rings. The topological polar surface area (TPSA) is 21.3 Å². The molecule has 2 atom stereocenters. The van der Waals surface area contributed by atoms with E-state index in [1.165, 1.54) is 6.07 Å². The predicted octanol–water partition coefficient (Wildman–Crippen LogP) is 3.57. The first-order valence-corrected chi connectivity index (χ1v) is 6.27. The Balaban J connectivity index is 2.00. The van der Waals surface area contributed by atoms with E-state index in [0.29, 0.717) is 16.6 Å². The highest BCUT2D eigenvalue weighted by molar-refractivity contribution is 9.10. The van der Waals surface area contributed by atoms with Crippen LogP contribution in [0.3, 0.4) is 0 Å². The van der Waals surface area contributed by atoms with Crippen LogP contribution >= 0.6 is 15.9 Å². The number of hydrogen-bond acceptors (Lipinski definition) is 2. The normalized spacial score (nSPS) is 25.4. The van der Waals surface area contributed by atoms with Gasteiger partial charge in [-0.2, -0.15) is 0 Å². The van der Waals surface area contributed by atoms with Crippen molar-refractivity contribution < 1.29 is 9.13 Å². The molecule has 0 saturated carbocycles. The Labute approximate surface area is 103 Å². The van der Waals surface area contributed by atoms with Crippen molar-refractivity contribution in [2.24, 2.45) is 0 Å². The maximum absolute atomic E-state index is 13.0. The molecule has 0 aromatic heterocycles. The van der Waals surface area contributed by atoms with Crippen molar-refractivity contribution in [3.63, 3.8) is 0 Å². The van der Waals surface area contributed by atoms with Gasteiger partial charge in [-0.1, -0.05) is 0 Å². The first-order valence-electron chi connectivity index (χ1n) is 5.48. The molecule has 1 aliphatic heterocycles. The number of anilines is 1. The lowest BCUT2D eigenvalue weighted by molar-refractivity contribution is 0.0232. The Hall–Kier alpha value is -0.610. The molecule has 0 aliphatic carbocycles. The zero-order valence-corrected chi connectivity index (χ0v) is 10.8. The van der Waals surface area contributed by atoms with E-state index >= 15 is 0 Å². The molecule has 0 radical (unpaired) electrons. The highest BCUT2D eigenvalue weighted by atomic mass is 79.9. The van der Waals surface area contributed by atoms with E-state index in [-0.39, 0.29) is 5.82 Å². The minimum Gasteiger partial charge on any atom is -0.382 e. The molecule has 88 valence electrons. The van der Waals surface area contributed by atoms with E-state index in [4.69, 9.17) is 4.74 Å². The Morgan fingerprint density at radius 2 is 2.31 bits per heavy atom. The average molecular weight is 288 g/mol. The molecule has 1 N–H and O–H groups in total. The maximum atomic E-state index is 13.0. The van der Waals surface area contributed by atoms with Crippen LogP contribution in [0, 0.1) is 5.82 Å². The minimum atomic E-state index is -0.231. The van der Waals surface area contributed by atoms with Crippen LogP contribution in [0.2, 0.25) is 0 Å². The van der Waals surface area contributed by atoms with Gasteiger partial charge in [0.2, 0.25) is 0 Å². The fourth-order valence-electron chi connectivity index (χ4n) is 1.95. The van der Waals surface area contributed by atoms with Crippen molar-refractivity contribution in [1.29, 1.82) is 0 Å². The third-order valence-corrected chi connectivity index (χ3v) is 3.38. The molecular weight excluding hydrogens is 273 g/mol. The van der Waals surface area contributed by atoms with Crippen LogP contribution in [0.25, 0.3) is 0 Å². The van der Waals surface area contributed by atoms with Gasteiger partial charge in [0.25, 0.3) is 0 Å². The summed E-state index contributed by atoms with van der Waals surface area (Å²) < 4.78 is 19.0. The third kappa shape index (κ3) is 2.95. The molecular formula is C12H15BrFNO. The van der Waals surface area contributed by atoms with Crippen LogP contribution in [0.5, 0.6) is 0 Å². The lowest BCUT2D eigenvalue weighted by atomic mass is 10.0. The van der Waals surface area contributed by atoms with Crippen LogP contribution in [0.1, 0.15) is 19.8 Å². The minimum absolute atomic E-state index is 0.231. The second-order valence-electron chi connectivity index (χ2n) is 4.18. The SMILES string of the molecule is CC1CC(Nc2ccc(F)c(Br)c2)CCO1. The summed E-state index contributed by atoms with van der Waals surface area (Å²) >= 11 is 3.18. The molecule has 0 spiro atoms. The van der Waals surface area contributed by atoms with Gasteiger partial charge in [-0.3, -0.25) is 0 Å². The highest BCUT2D eigenvalue weighted by Crippen LogP contribution is 2.23. The van der Waals surface area contributed by atoms with E-state index in [1.807, 2.05) is 0 Å². The Morgan fingerprint density at radius 3 is 3.00 bits per heavy atom. The van der Waals surface area contributed by atoms with Gasteiger partial charge < -0.3 is 10.1 Å². The maximum Gasteiger partial charge on any atom is 0.137 e. The Kier molecular flexibility index (Phi) is 3.82. The summed E-state index contributed by atoms with van der Waals surface area (Å²) in [5.41, 5.74) is 0.951. The van der Waals surface area contributed by atoms with E-state index in [0.717, 1.165) is 25.1 Å². The molecule has 1 aliphatic rings. The van der Waals surface area contributed by atoms with Crippen molar-refractivity contribution in [3.05, 3.63) is 28.5 Å². The van der Waals surface area contributed by atoms with Gasteiger partial charge in [0.1, 0.15) is 5.82 Å². The van der Waals surface area contributed by atoms with Gasteiger partial charge in [0, 0.05) is 18.3 Å². The number of nitrogens with one attached hydrogen (secondary N) is 1. The molecule has 2 nitrogen and oxygen atoms in total. The number of halogens is 2. The molecule has 1 fully saturated rings. The molecule has 1 aromatic carbocycles. The average Bonchev–Trinajstić information content (AvgIpc) is 2.24. The standard InChI is InChI=1S/C12H15BrFNO/c1-8-6-10(4-5-16-8)15-9-2-3-12(14)11(13)7-9/h2-3,7-8,10,15H,4-6H2,1H3. The summed E-state index contributed by atoms with van der Waals surface area (Å²) in [5, 5.41) is 3.40. The monoisotopic (exact) mass is 287 g/mol. The summed E-state index contributed by atoms with van der Waals surface area (Å²) in [6.45, 7) is 2.87. The Bertz CT molecular complexity index is 372. The van der Waals surface area contributed by atoms with E-state index in [2.05, 4.69) is 28.2 Å². The Morgan fingerprint density at radius 1 is 1.50 bits per heavy atom. The van der Waals surface area contributed by atoms with Gasteiger partial charge in [0.15, 0.2) is 0 Å². The summed E-state index contributed by atoms with van der Waals surface area (Å²) in [6, 6.07) is 5.42. The van der Waals surface area contributed by atoms with Crippen LogP contribution in [0.15, 0.2) is 22.7 Å². The first-order chi connectivity index (χ1) is 7.65. The largest absolute Gasteiger partial charge is 0.382 e. The summed E-state index contributed by atoms with van der Waals surface area (Å²) in [6.07, 6.45) is 2.30. The fourth-order valence-corrected chi connectivity index (χ4v) is 2.33. The van der Waals surface area contributed by atoms with Crippen molar-refractivity contribution in [2.75, 3.05) is 11.9 Å². The first kappa shape index (κ1) is 11.9. The molecule has 0 bridgehead atoms. The second kappa shape index (κ2) is 5.15. The van der Waals surface area contributed by atoms with Gasteiger partial charge >= 0.3 is 0 Å². The summed E-state index contributed by atoms with van der Waals surface area (Å²) in [5.74, 6) is -0.231. The summed E-state index contributed by atoms with van der Waals surface area (Å²) in [7, 11) is 0. The van der Waals surface area contributed by atoms with E-state index in [1.54, 1.807) is 12.1 Å². The lowest BCUT2D eigenvalue weighted by Gasteiger charge is -2.28. The number of rotatable bonds is 2. The van der Waals surface area contributed by atoms with Crippen LogP contribution in [-0.2, 0) is 4.74 Å². The molecule has 2 rings (SSSR count). The molecule has 1 heterocycles. The van der Waals surface area contributed by atoms with E-state index < -0.39 is 0 Å². The highest BCUT2D eigenvalue weighted by Gasteiger charge is 2.19. The van der Waals surface area contributed by atoms with E-state index in [9.17, 15) is 4.39 Å². The number of hydrogen-bond donors (Lipinski definition) is 1. The summed E-state index contributed by atoms with van der Waals surface area (Å²) in [4.78, 5) is 0. The molecule has 2 unspecified atom stereocenters. The lowest BCUT2D eigenvalue weighted by Crippen LogP contribution is -2.32. The second-order valence-corrected chi connectivity index (χ2v) is 5.03. The van der Waals surface area contributed by atoms with Crippen molar-refractivity contribution in [2.45, 2.75) is 31.9 Å². The number of benzene rings is 1. The zero-order chi connectivity index (χ0) is 11.5. The van der Waals surface area contributed by atoms with Crippen LogP contribution in [0.4, 0.5) is 10.1 Å². The van der Waals surface area contributed by atoms with Gasteiger partial charge in [-0.25, -0.2) is 4.39 Å². The molecule has 1 saturated heterocycles. The van der Waals surface area contributed by atoms with Gasteiger partial charge in [-0.15, -0.1) is 0 Å². The quantitative estimate of drug-likeness (QED) is 0.898. The smallest absolute Gasteiger partial charge is 0.137 e. The molecule has 4 heteroatoms. The van der Waals surface area contributed by atoms with Crippen molar-refractivity contribution >= 4 is 21.6 Å². The zero-order valence-electron chi connectivity index (χ0n) is 9.17. The third-order valence-electron chi connectivity index (χ3n) is 2.78. The van der Waals surface area contributed by atoms with Crippen molar-refractivity contribution in [3.8, 4) is 0 Å².